The molecule has 2 aromatic carbocycles. The highest BCUT2D eigenvalue weighted by molar-refractivity contribution is 5.86. The summed E-state index contributed by atoms with van der Waals surface area (Å²) >= 11 is 0. The lowest BCUT2D eigenvalue weighted by atomic mass is 9.73. The fourth-order valence-corrected chi connectivity index (χ4v) is 7.67. The van der Waals surface area contributed by atoms with Crippen LogP contribution >= 0.6 is 0 Å². The molecular weight excluding hydrogens is 678 g/mol. The van der Waals surface area contributed by atoms with Gasteiger partial charge in [0.15, 0.2) is 6.29 Å². The monoisotopic (exact) mass is 729 g/mol. The molecule has 13 heteroatoms. The second-order valence-electron chi connectivity index (χ2n) is 15.3. The maximum Gasteiger partial charge on any atom is 0.407 e. The Morgan fingerprint density at radius 1 is 0.925 bits per heavy atom. The van der Waals surface area contributed by atoms with Crippen LogP contribution in [0.4, 0.5) is 9.59 Å². The van der Waals surface area contributed by atoms with Gasteiger partial charge in [0, 0.05) is 37.3 Å². The van der Waals surface area contributed by atoms with Crippen molar-refractivity contribution in [3.05, 3.63) is 90.3 Å². The van der Waals surface area contributed by atoms with E-state index in [1.807, 2.05) is 87.5 Å². The molecule has 0 radical (unpaired) electrons. The lowest BCUT2D eigenvalue weighted by Gasteiger charge is -2.36. The maximum atomic E-state index is 13.8. The van der Waals surface area contributed by atoms with Crippen molar-refractivity contribution < 1.29 is 38.4 Å². The van der Waals surface area contributed by atoms with Crippen molar-refractivity contribution in [2.24, 2.45) is 23.2 Å². The third-order valence-corrected chi connectivity index (χ3v) is 10.5. The smallest absolute Gasteiger partial charge is 0.407 e. The Kier molecular flexibility index (Phi) is 12.3. The summed E-state index contributed by atoms with van der Waals surface area (Å²) in [6.07, 6.45) is 2.37. The lowest BCUT2D eigenvalue weighted by molar-refractivity contribution is -0.131. The number of aliphatic hydroxyl groups excluding tert-OH is 1. The minimum Gasteiger partial charge on any atom is -0.453 e. The first kappa shape index (κ1) is 38.2. The van der Waals surface area contributed by atoms with Crippen molar-refractivity contribution in [1.29, 1.82) is 0 Å². The molecule has 2 saturated heterocycles. The highest BCUT2D eigenvalue weighted by Gasteiger charge is 2.54. The van der Waals surface area contributed by atoms with Gasteiger partial charge in [0.25, 0.3) is 5.91 Å². The summed E-state index contributed by atoms with van der Waals surface area (Å²) in [5.41, 5.74) is 5.97. The Hall–Kier alpha value is -4.56. The lowest BCUT2D eigenvalue weighted by Crippen LogP contribution is -2.59. The molecule has 2 aliphatic heterocycles. The second-order valence-corrected chi connectivity index (χ2v) is 15.3. The van der Waals surface area contributed by atoms with Gasteiger partial charge < -0.3 is 34.7 Å². The molecule has 53 heavy (non-hydrogen) atoms. The van der Waals surface area contributed by atoms with E-state index in [1.165, 1.54) is 7.11 Å². The largest absolute Gasteiger partial charge is 0.453 e. The van der Waals surface area contributed by atoms with Crippen molar-refractivity contribution in [3.63, 3.8) is 0 Å². The molecule has 3 heterocycles. The van der Waals surface area contributed by atoms with Crippen molar-refractivity contribution in [2.45, 2.75) is 77.2 Å². The van der Waals surface area contributed by atoms with E-state index in [4.69, 9.17) is 18.9 Å². The molecule has 3 fully saturated rings. The van der Waals surface area contributed by atoms with Crippen LogP contribution in [0.15, 0.2) is 79.1 Å². The van der Waals surface area contributed by atoms with E-state index < -0.39 is 41.7 Å². The molecule has 0 bridgehead atoms. The normalized spacial score (nSPS) is 23.7. The molecular formula is C40H51N5O8. The Bertz CT molecular complexity index is 1670. The standard InChI is InChI=1S/C40H51N5O8/c1-40(2,3)35(43-38(48)50-4)36(47)44-45(21-26-12-14-27(15-13-26)28-11-8-18-41-20-28)22-32(46)31(19-25-9-6-5-7-10-25)42-39(49)53-33-17-16-29-23-51-37-34(29)30(33)24-52-37/h5-15,18,20,29-35,37,46H,16-17,19,21-24H2,1-4H3,(H,42,49)(H,43,48)(H,44,47)/t29?,30?,31-,32-,33?,34?,35+,37?/m0/s1. The SMILES string of the molecule is COC(=O)N[C@H](C(=O)NN(Cc1ccc(-c2cccnc2)cc1)C[C@H](O)[C@H](Cc1ccccc1)NC(=O)OC1CCC2COC3OCC1C23)C(C)(C)C. The number of benzene rings is 2. The van der Waals surface area contributed by atoms with Gasteiger partial charge in [-0.1, -0.05) is 81.4 Å². The molecule has 3 aromatic rings. The van der Waals surface area contributed by atoms with Gasteiger partial charge in [-0.05, 0) is 58.9 Å². The molecule has 284 valence electrons. The third kappa shape index (κ3) is 9.71. The second kappa shape index (κ2) is 17.1. The topological polar surface area (TPSA) is 161 Å². The number of hydrogen-bond donors (Lipinski definition) is 4. The summed E-state index contributed by atoms with van der Waals surface area (Å²) in [6.45, 7) is 6.80. The number of nitrogens with zero attached hydrogens (tertiary/aromatic N) is 2. The number of nitrogens with one attached hydrogen (secondary N) is 3. The van der Waals surface area contributed by atoms with E-state index in [0.717, 1.165) is 35.1 Å². The molecule has 6 rings (SSSR count). The van der Waals surface area contributed by atoms with Crippen molar-refractivity contribution in [3.8, 4) is 11.1 Å². The van der Waals surface area contributed by atoms with E-state index in [0.29, 0.717) is 25.6 Å². The predicted octanol–water partition coefficient (Wildman–Crippen LogP) is 4.45. The van der Waals surface area contributed by atoms with E-state index in [-0.39, 0.29) is 37.3 Å². The summed E-state index contributed by atoms with van der Waals surface area (Å²) in [6, 6.07) is 19.5. The minimum atomic E-state index is -1.16. The van der Waals surface area contributed by atoms with Crippen LogP contribution in [0.5, 0.6) is 0 Å². The molecule has 1 saturated carbocycles. The van der Waals surface area contributed by atoms with Gasteiger partial charge in [0.2, 0.25) is 0 Å². The zero-order valence-corrected chi connectivity index (χ0v) is 30.8. The van der Waals surface area contributed by atoms with Crippen molar-refractivity contribution >= 4 is 18.1 Å². The van der Waals surface area contributed by atoms with Crippen LogP contribution in [0.25, 0.3) is 11.1 Å². The first-order valence-corrected chi connectivity index (χ1v) is 18.3. The van der Waals surface area contributed by atoms with Crippen LogP contribution in [0.1, 0.15) is 44.7 Å². The summed E-state index contributed by atoms with van der Waals surface area (Å²) in [5, 5.41) is 19.1. The highest BCUT2D eigenvalue weighted by Crippen LogP contribution is 2.48. The van der Waals surface area contributed by atoms with Gasteiger partial charge >= 0.3 is 12.2 Å². The molecule has 8 atom stereocenters. The van der Waals surface area contributed by atoms with E-state index in [9.17, 15) is 19.5 Å². The molecule has 13 nitrogen and oxygen atoms in total. The van der Waals surface area contributed by atoms with E-state index in [1.54, 1.807) is 17.4 Å². The fraction of sp³-hybridized carbons (Fsp3) is 0.500. The Balaban J connectivity index is 1.20. The first-order valence-electron chi connectivity index (χ1n) is 18.3. The molecule has 3 amide bonds. The van der Waals surface area contributed by atoms with Crippen LogP contribution in [0.2, 0.25) is 0 Å². The van der Waals surface area contributed by atoms with Gasteiger partial charge in [-0.3, -0.25) is 15.2 Å². The number of alkyl carbamates (subject to hydrolysis) is 2. The molecule has 3 aliphatic rings. The first-order chi connectivity index (χ1) is 25.5. The van der Waals surface area contributed by atoms with E-state index in [2.05, 4.69) is 21.0 Å². The van der Waals surface area contributed by atoms with Crippen LogP contribution in [0.3, 0.4) is 0 Å². The van der Waals surface area contributed by atoms with Gasteiger partial charge in [0.1, 0.15) is 12.1 Å². The number of carbonyl (C=O) groups is 3. The number of ether oxygens (including phenoxy) is 4. The number of hydrazine groups is 1. The van der Waals surface area contributed by atoms with Gasteiger partial charge in [-0.2, -0.15) is 0 Å². The summed E-state index contributed by atoms with van der Waals surface area (Å²) < 4.78 is 22.5. The molecule has 1 aliphatic carbocycles. The average Bonchev–Trinajstić information content (AvgIpc) is 3.77. The van der Waals surface area contributed by atoms with Crippen molar-refractivity contribution in [1.82, 2.24) is 26.1 Å². The maximum absolute atomic E-state index is 13.8. The zero-order valence-electron chi connectivity index (χ0n) is 30.8. The van der Waals surface area contributed by atoms with Crippen LogP contribution in [-0.4, -0.2) is 90.6 Å². The average molecular weight is 730 g/mol. The summed E-state index contributed by atoms with van der Waals surface area (Å²) in [5.74, 6) is 0.205. The predicted molar refractivity (Wildman–Crippen MR) is 196 cm³/mol. The molecule has 0 spiro atoms. The molecule has 5 unspecified atom stereocenters. The molecule has 1 aromatic heterocycles. The van der Waals surface area contributed by atoms with Gasteiger partial charge in [0.05, 0.1) is 32.5 Å². The van der Waals surface area contributed by atoms with E-state index >= 15 is 0 Å². The van der Waals surface area contributed by atoms with Crippen LogP contribution < -0.4 is 16.1 Å². The van der Waals surface area contributed by atoms with Crippen LogP contribution in [-0.2, 0) is 36.7 Å². The number of aromatic nitrogens is 1. The van der Waals surface area contributed by atoms with Crippen molar-refractivity contribution in [2.75, 3.05) is 26.9 Å². The number of pyridine rings is 1. The minimum absolute atomic E-state index is 0.0639. The quantitative estimate of drug-likeness (QED) is 0.185. The summed E-state index contributed by atoms with van der Waals surface area (Å²) in [4.78, 5) is 43.9. The summed E-state index contributed by atoms with van der Waals surface area (Å²) in [7, 11) is 1.24. The number of rotatable bonds is 13. The number of aliphatic hydroxyl groups is 1. The fourth-order valence-electron chi connectivity index (χ4n) is 7.67. The zero-order chi connectivity index (χ0) is 37.5. The third-order valence-electron chi connectivity index (χ3n) is 10.5. The number of amides is 3. The number of carbonyl (C=O) groups excluding carboxylic acids is 3. The number of methoxy groups -OCH3 is 1. The van der Waals surface area contributed by atoms with Gasteiger partial charge in [-0.25, -0.2) is 14.6 Å². The Morgan fingerprint density at radius 3 is 2.38 bits per heavy atom. The van der Waals surface area contributed by atoms with Crippen LogP contribution in [0, 0.1) is 23.2 Å². The Labute approximate surface area is 310 Å². The Morgan fingerprint density at radius 2 is 1.68 bits per heavy atom. The number of hydrogen-bond acceptors (Lipinski definition) is 10. The highest BCUT2D eigenvalue weighted by atomic mass is 16.7. The van der Waals surface area contributed by atoms with Gasteiger partial charge in [-0.15, -0.1) is 0 Å². The molecule has 4 N–H and O–H groups in total.